The molecule has 1 heterocycles. The number of aliphatic hydroxyl groups is 2. The van der Waals surface area contributed by atoms with Gasteiger partial charge in [0.25, 0.3) is 0 Å². The number of aryl methyl sites for hydroxylation is 1. The van der Waals surface area contributed by atoms with Crippen molar-refractivity contribution in [3.63, 3.8) is 0 Å². The Morgan fingerprint density at radius 3 is 2.47 bits per heavy atom. The minimum Gasteiger partial charge on any atom is -0.395 e. The van der Waals surface area contributed by atoms with Crippen LogP contribution in [0.1, 0.15) is 5.56 Å². The third-order valence-electron chi connectivity index (χ3n) is 2.00. The van der Waals surface area contributed by atoms with Crippen molar-refractivity contribution in [1.82, 2.24) is 9.97 Å². The molecule has 1 aromatic heterocycles. The molecule has 0 aliphatic carbocycles. The molecule has 6 nitrogen and oxygen atoms in total. The van der Waals surface area contributed by atoms with Crippen LogP contribution in [0.5, 0.6) is 0 Å². The van der Waals surface area contributed by atoms with Gasteiger partial charge in [-0.1, -0.05) is 0 Å². The molecule has 84 valence electrons. The van der Waals surface area contributed by atoms with E-state index in [4.69, 9.17) is 15.9 Å². The number of anilines is 2. The number of nitrogens with two attached hydrogens (primary N) is 1. The summed E-state index contributed by atoms with van der Waals surface area (Å²) in [6.07, 6.45) is 1.62. The summed E-state index contributed by atoms with van der Waals surface area (Å²) in [4.78, 5) is 9.71. The van der Waals surface area contributed by atoms with Gasteiger partial charge in [0.05, 0.1) is 13.2 Å². The lowest BCUT2D eigenvalue weighted by Gasteiger charge is -2.23. The predicted octanol–water partition coefficient (Wildman–Crippen LogP) is -0.842. The average Bonchev–Trinajstić information content (AvgIpc) is 2.21. The third-order valence-corrected chi connectivity index (χ3v) is 2.00. The van der Waals surface area contributed by atoms with Crippen LogP contribution in [-0.4, -0.2) is 46.5 Å². The van der Waals surface area contributed by atoms with Crippen molar-refractivity contribution in [2.75, 3.05) is 36.9 Å². The van der Waals surface area contributed by atoms with Crippen LogP contribution in [0.3, 0.4) is 0 Å². The van der Waals surface area contributed by atoms with E-state index in [1.54, 1.807) is 11.1 Å². The molecule has 15 heavy (non-hydrogen) atoms. The Morgan fingerprint density at radius 1 is 1.33 bits per heavy atom. The van der Waals surface area contributed by atoms with E-state index in [0.29, 0.717) is 18.9 Å². The summed E-state index contributed by atoms with van der Waals surface area (Å²) >= 11 is 0. The zero-order valence-electron chi connectivity index (χ0n) is 8.72. The number of nitrogens with zero attached hydrogens (tertiary/aromatic N) is 3. The van der Waals surface area contributed by atoms with Crippen molar-refractivity contribution >= 4 is 11.8 Å². The van der Waals surface area contributed by atoms with Gasteiger partial charge in [-0.3, -0.25) is 0 Å². The second-order valence-electron chi connectivity index (χ2n) is 3.17. The third kappa shape index (κ3) is 3.03. The van der Waals surface area contributed by atoms with Gasteiger partial charge >= 0.3 is 0 Å². The highest BCUT2D eigenvalue weighted by atomic mass is 16.3. The van der Waals surface area contributed by atoms with E-state index in [1.807, 2.05) is 6.92 Å². The smallest absolute Gasteiger partial charge is 0.221 e. The summed E-state index contributed by atoms with van der Waals surface area (Å²) in [5.74, 6) is 0.849. The Bertz CT molecular complexity index is 313. The van der Waals surface area contributed by atoms with Crippen LogP contribution in [0.25, 0.3) is 0 Å². The topological polar surface area (TPSA) is 95.5 Å². The molecule has 0 unspecified atom stereocenters. The monoisotopic (exact) mass is 212 g/mol. The fourth-order valence-electron chi connectivity index (χ4n) is 1.33. The van der Waals surface area contributed by atoms with Crippen LogP contribution < -0.4 is 10.6 Å². The molecule has 0 amide bonds. The van der Waals surface area contributed by atoms with Crippen LogP contribution in [-0.2, 0) is 0 Å². The van der Waals surface area contributed by atoms with E-state index in [0.717, 1.165) is 5.56 Å². The van der Waals surface area contributed by atoms with Crippen molar-refractivity contribution in [2.24, 2.45) is 0 Å². The standard InChI is InChI=1S/C9H16N4O2/c1-7-6-11-9(10)12-8(7)13(2-4-14)3-5-15/h6,14-15H,2-5H2,1H3,(H2,10,11,12). The first-order chi connectivity index (χ1) is 7.19. The van der Waals surface area contributed by atoms with Gasteiger partial charge in [0, 0.05) is 24.8 Å². The molecule has 4 N–H and O–H groups in total. The van der Waals surface area contributed by atoms with Crippen LogP contribution >= 0.6 is 0 Å². The highest BCUT2D eigenvalue weighted by Gasteiger charge is 2.10. The van der Waals surface area contributed by atoms with Crippen LogP contribution in [0, 0.1) is 6.92 Å². The second-order valence-corrected chi connectivity index (χ2v) is 3.17. The first-order valence-corrected chi connectivity index (χ1v) is 4.74. The van der Waals surface area contributed by atoms with Gasteiger partial charge in [-0.15, -0.1) is 0 Å². The molecule has 0 aromatic carbocycles. The summed E-state index contributed by atoms with van der Waals surface area (Å²) in [6.45, 7) is 2.69. The first kappa shape index (κ1) is 11.7. The molecule has 0 aliphatic rings. The SMILES string of the molecule is Cc1cnc(N)nc1N(CCO)CCO. The lowest BCUT2D eigenvalue weighted by atomic mass is 10.3. The minimum atomic E-state index is 0.00332. The van der Waals surface area contributed by atoms with Gasteiger partial charge < -0.3 is 20.8 Å². The van der Waals surface area contributed by atoms with E-state index in [1.165, 1.54) is 0 Å². The Kier molecular flexibility index (Phi) is 4.26. The predicted molar refractivity (Wildman–Crippen MR) is 57.6 cm³/mol. The summed E-state index contributed by atoms with van der Waals surface area (Å²) in [5, 5.41) is 17.8. The zero-order valence-corrected chi connectivity index (χ0v) is 8.72. The molecule has 0 saturated carbocycles. The van der Waals surface area contributed by atoms with Gasteiger partial charge in [0.2, 0.25) is 5.95 Å². The fourth-order valence-corrected chi connectivity index (χ4v) is 1.33. The lowest BCUT2D eigenvalue weighted by Crippen LogP contribution is -2.31. The summed E-state index contributed by atoms with van der Waals surface area (Å²) in [7, 11) is 0. The molecule has 6 heteroatoms. The number of rotatable bonds is 5. The molecule has 0 fully saturated rings. The number of hydrogen-bond acceptors (Lipinski definition) is 6. The Hall–Kier alpha value is -1.40. The van der Waals surface area contributed by atoms with E-state index >= 15 is 0 Å². The Labute approximate surface area is 88.4 Å². The van der Waals surface area contributed by atoms with Crippen molar-refractivity contribution < 1.29 is 10.2 Å². The van der Waals surface area contributed by atoms with Gasteiger partial charge in [0.1, 0.15) is 5.82 Å². The molecule has 1 rings (SSSR count). The highest BCUT2D eigenvalue weighted by Crippen LogP contribution is 2.16. The molecule has 0 atom stereocenters. The first-order valence-electron chi connectivity index (χ1n) is 4.74. The molecular weight excluding hydrogens is 196 g/mol. The van der Waals surface area contributed by atoms with Crippen LogP contribution in [0.4, 0.5) is 11.8 Å². The van der Waals surface area contributed by atoms with Crippen molar-refractivity contribution in [3.05, 3.63) is 11.8 Å². The van der Waals surface area contributed by atoms with Crippen molar-refractivity contribution in [3.8, 4) is 0 Å². The number of nitrogen functional groups attached to an aromatic ring is 1. The largest absolute Gasteiger partial charge is 0.395 e. The van der Waals surface area contributed by atoms with E-state index < -0.39 is 0 Å². The van der Waals surface area contributed by atoms with E-state index in [9.17, 15) is 0 Å². The maximum Gasteiger partial charge on any atom is 0.221 e. The van der Waals surface area contributed by atoms with E-state index in [-0.39, 0.29) is 19.2 Å². The normalized spacial score (nSPS) is 10.3. The number of aromatic nitrogens is 2. The maximum atomic E-state index is 8.89. The molecule has 0 aliphatic heterocycles. The minimum absolute atomic E-state index is 0.00332. The average molecular weight is 212 g/mol. The summed E-state index contributed by atoms with van der Waals surface area (Å²) < 4.78 is 0. The Morgan fingerprint density at radius 2 is 1.93 bits per heavy atom. The summed E-state index contributed by atoms with van der Waals surface area (Å²) in [5.41, 5.74) is 6.35. The van der Waals surface area contributed by atoms with Crippen LogP contribution in [0.15, 0.2) is 6.20 Å². The van der Waals surface area contributed by atoms with Gasteiger partial charge in [-0.25, -0.2) is 4.98 Å². The quantitative estimate of drug-likeness (QED) is 0.589. The van der Waals surface area contributed by atoms with Gasteiger partial charge in [-0.05, 0) is 6.92 Å². The second kappa shape index (κ2) is 5.47. The van der Waals surface area contributed by atoms with Gasteiger partial charge in [-0.2, -0.15) is 4.98 Å². The molecule has 0 radical (unpaired) electrons. The molecule has 0 bridgehead atoms. The highest BCUT2D eigenvalue weighted by molar-refractivity contribution is 5.47. The molecule has 0 spiro atoms. The zero-order chi connectivity index (χ0) is 11.3. The number of hydrogen-bond donors (Lipinski definition) is 3. The van der Waals surface area contributed by atoms with E-state index in [2.05, 4.69) is 9.97 Å². The number of aliphatic hydroxyl groups excluding tert-OH is 2. The fraction of sp³-hybridized carbons (Fsp3) is 0.556. The van der Waals surface area contributed by atoms with Crippen LogP contribution in [0.2, 0.25) is 0 Å². The van der Waals surface area contributed by atoms with Crippen molar-refractivity contribution in [2.45, 2.75) is 6.92 Å². The maximum absolute atomic E-state index is 8.89. The van der Waals surface area contributed by atoms with Crippen molar-refractivity contribution in [1.29, 1.82) is 0 Å². The molecule has 1 aromatic rings. The lowest BCUT2D eigenvalue weighted by molar-refractivity contribution is 0.280. The molecular formula is C9H16N4O2. The molecule has 0 saturated heterocycles. The Balaban J connectivity index is 2.93. The van der Waals surface area contributed by atoms with Gasteiger partial charge in [0.15, 0.2) is 0 Å². The summed E-state index contributed by atoms with van der Waals surface area (Å²) in [6, 6.07) is 0.